The van der Waals surface area contributed by atoms with E-state index in [-0.39, 0.29) is 0 Å². The molecule has 4 nitrogen and oxygen atoms in total. The van der Waals surface area contributed by atoms with Crippen molar-refractivity contribution in [2.45, 2.75) is 64.5 Å². The lowest BCUT2D eigenvalue weighted by molar-refractivity contribution is 0.0303. The molecule has 1 fully saturated rings. The van der Waals surface area contributed by atoms with E-state index >= 15 is 0 Å². The van der Waals surface area contributed by atoms with E-state index in [0.29, 0.717) is 11.6 Å². The third kappa shape index (κ3) is 3.67. The van der Waals surface area contributed by atoms with Crippen LogP contribution in [0.25, 0.3) is 0 Å². The van der Waals surface area contributed by atoms with Crippen molar-refractivity contribution in [3.63, 3.8) is 0 Å². The fourth-order valence-electron chi connectivity index (χ4n) is 3.66. The number of nitrogens with zero attached hydrogens (tertiary/aromatic N) is 3. The lowest BCUT2D eigenvalue weighted by atomic mass is 9.86. The summed E-state index contributed by atoms with van der Waals surface area (Å²) in [4.78, 5) is 7.21. The van der Waals surface area contributed by atoms with Crippen molar-refractivity contribution in [1.82, 2.24) is 19.8 Å². The second kappa shape index (κ2) is 7.41. The zero-order valence-corrected chi connectivity index (χ0v) is 14.2. The normalized spacial score (nSPS) is 22.6. The van der Waals surface area contributed by atoms with Gasteiger partial charge in [-0.3, -0.25) is 4.90 Å². The molecule has 0 aliphatic carbocycles. The Bertz CT molecular complexity index is 422. The minimum absolute atomic E-state index is 0.329. The summed E-state index contributed by atoms with van der Waals surface area (Å²) in [6.07, 6.45) is 9.97. The molecule has 1 aliphatic heterocycles. The van der Waals surface area contributed by atoms with Gasteiger partial charge in [-0.05, 0) is 19.3 Å². The van der Waals surface area contributed by atoms with Crippen molar-refractivity contribution in [1.29, 1.82) is 0 Å². The minimum atomic E-state index is 0.329. The molecule has 4 heteroatoms. The number of aryl methyl sites for hydroxylation is 1. The van der Waals surface area contributed by atoms with Gasteiger partial charge in [-0.25, -0.2) is 4.98 Å². The average Bonchev–Trinajstić information content (AvgIpc) is 2.91. The molecule has 120 valence electrons. The molecular weight excluding hydrogens is 260 g/mol. The maximum absolute atomic E-state index is 4.48. The van der Waals surface area contributed by atoms with Crippen LogP contribution in [0.15, 0.2) is 12.4 Å². The molecule has 2 heterocycles. The highest BCUT2D eigenvalue weighted by molar-refractivity contribution is 4.99. The number of piperazine rings is 1. The fourth-order valence-corrected chi connectivity index (χ4v) is 3.66. The minimum Gasteiger partial charge on any atom is -0.338 e. The van der Waals surface area contributed by atoms with Gasteiger partial charge < -0.3 is 9.88 Å². The monoisotopic (exact) mass is 292 g/mol. The fraction of sp³-hybridized carbons (Fsp3) is 0.824. The molecule has 2 rings (SSSR count). The second-order valence-electron chi connectivity index (χ2n) is 6.45. The van der Waals surface area contributed by atoms with Gasteiger partial charge in [0.05, 0.1) is 0 Å². The van der Waals surface area contributed by atoms with Gasteiger partial charge in [-0.15, -0.1) is 0 Å². The van der Waals surface area contributed by atoms with E-state index in [1.165, 1.54) is 38.1 Å². The van der Waals surface area contributed by atoms with Gasteiger partial charge >= 0.3 is 0 Å². The zero-order valence-electron chi connectivity index (χ0n) is 14.2. The highest BCUT2D eigenvalue weighted by Crippen LogP contribution is 2.28. The first-order chi connectivity index (χ1) is 10.1. The first-order valence-corrected chi connectivity index (χ1v) is 8.59. The molecule has 1 aromatic heterocycles. The molecule has 1 aliphatic rings. The third-order valence-corrected chi connectivity index (χ3v) is 5.31. The van der Waals surface area contributed by atoms with Gasteiger partial charge in [0.15, 0.2) is 0 Å². The Morgan fingerprint density at radius 1 is 1.33 bits per heavy atom. The predicted octanol–water partition coefficient (Wildman–Crippen LogP) is 2.60. The van der Waals surface area contributed by atoms with Gasteiger partial charge in [-0.1, -0.05) is 27.2 Å². The van der Waals surface area contributed by atoms with Gasteiger partial charge in [0.1, 0.15) is 5.82 Å². The largest absolute Gasteiger partial charge is 0.338 e. The number of nitrogens with one attached hydrogen (secondary N) is 1. The topological polar surface area (TPSA) is 33.1 Å². The lowest BCUT2D eigenvalue weighted by Gasteiger charge is -2.50. The van der Waals surface area contributed by atoms with Crippen molar-refractivity contribution in [2.75, 3.05) is 19.6 Å². The van der Waals surface area contributed by atoms with Crippen LogP contribution in [0.3, 0.4) is 0 Å². The summed E-state index contributed by atoms with van der Waals surface area (Å²) < 4.78 is 2.14. The van der Waals surface area contributed by atoms with Crippen LogP contribution in [0, 0.1) is 0 Å². The molecular formula is C17H32N4. The van der Waals surface area contributed by atoms with Crippen molar-refractivity contribution in [3.8, 4) is 0 Å². The maximum Gasteiger partial charge on any atom is 0.109 e. The summed E-state index contributed by atoms with van der Waals surface area (Å²) in [7, 11) is 2.09. The Morgan fingerprint density at radius 2 is 2.10 bits per heavy atom. The van der Waals surface area contributed by atoms with Crippen molar-refractivity contribution in [2.24, 2.45) is 7.05 Å². The van der Waals surface area contributed by atoms with Gasteiger partial charge in [0, 0.05) is 57.1 Å². The molecule has 0 spiro atoms. The molecule has 1 aromatic rings. The van der Waals surface area contributed by atoms with Gasteiger partial charge in [-0.2, -0.15) is 0 Å². The molecule has 1 N–H and O–H groups in total. The van der Waals surface area contributed by atoms with Crippen molar-refractivity contribution < 1.29 is 0 Å². The van der Waals surface area contributed by atoms with Crippen LogP contribution in [-0.4, -0.2) is 45.7 Å². The SMILES string of the molecule is CCCC1CN(CCc2nccn2C)C(CC)(CC)CN1. The summed E-state index contributed by atoms with van der Waals surface area (Å²) in [5.41, 5.74) is 0.329. The van der Waals surface area contributed by atoms with Crippen molar-refractivity contribution >= 4 is 0 Å². The van der Waals surface area contributed by atoms with Gasteiger partial charge in [0.25, 0.3) is 0 Å². The summed E-state index contributed by atoms with van der Waals surface area (Å²) in [5.74, 6) is 1.20. The van der Waals surface area contributed by atoms with Crippen LogP contribution in [0.4, 0.5) is 0 Å². The quantitative estimate of drug-likeness (QED) is 0.838. The van der Waals surface area contributed by atoms with E-state index in [2.05, 4.69) is 47.6 Å². The van der Waals surface area contributed by atoms with Crippen LogP contribution < -0.4 is 5.32 Å². The highest BCUT2D eigenvalue weighted by Gasteiger charge is 2.38. The van der Waals surface area contributed by atoms with E-state index in [0.717, 1.165) is 19.5 Å². The molecule has 0 saturated carbocycles. The van der Waals surface area contributed by atoms with E-state index in [1.807, 2.05) is 12.4 Å². The molecule has 21 heavy (non-hydrogen) atoms. The third-order valence-electron chi connectivity index (χ3n) is 5.31. The van der Waals surface area contributed by atoms with E-state index in [4.69, 9.17) is 0 Å². The molecule has 0 bridgehead atoms. The van der Waals surface area contributed by atoms with Crippen LogP contribution in [0.2, 0.25) is 0 Å². The number of aromatic nitrogens is 2. The first kappa shape index (κ1) is 16.5. The predicted molar refractivity (Wildman–Crippen MR) is 88.5 cm³/mol. The van der Waals surface area contributed by atoms with E-state index in [9.17, 15) is 0 Å². The maximum atomic E-state index is 4.48. The summed E-state index contributed by atoms with van der Waals surface area (Å²) in [6, 6.07) is 0.655. The summed E-state index contributed by atoms with van der Waals surface area (Å²) in [6.45, 7) is 10.4. The number of hydrogen-bond donors (Lipinski definition) is 1. The molecule has 0 amide bonds. The van der Waals surface area contributed by atoms with Crippen LogP contribution >= 0.6 is 0 Å². The standard InChI is InChI=1S/C17H32N4/c1-5-8-15-13-21(17(6-2,7-3)14-19-15)11-9-16-18-10-12-20(16)4/h10,12,15,19H,5-9,11,13-14H2,1-4H3. The molecule has 1 unspecified atom stereocenters. The Hall–Kier alpha value is -0.870. The summed E-state index contributed by atoms with van der Waals surface area (Å²) in [5, 5.41) is 3.78. The average molecular weight is 292 g/mol. The lowest BCUT2D eigenvalue weighted by Crippen LogP contribution is -2.64. The van der Waals surface area contributed by atoms with E-state index < -0.39 is 0 Å². The molecule has 1 saturated heterocycles. The van der Waals surface area contributed by atoms with Crippen LogP contribution in [-0.2, 0) is 13.5 Å². The number of rotatable bonds is 7. The highest BCUT2D eigenvalue weighted by atomic mass is 15.3. The molecule has 0 aromatic carbocycles. The summed E-state index contributed by atoms with van der Waals surface area (Å²) >= 11 is 0. The Balaban J connectivity index is 2.04. The van der Waals surface area contributed by atoms with Gasteiger partial charge in [0.2, 0.25) is 0 Å². The Morgan fingerprint density at radius 3 is 2.67 bits per heavy atom. The Kier molecular flexibility index (Phi) is 5.82. The smallest absolute Gasteiger partial charge is 0.109 e. The van der Waals surface area contributed by atoms with Crippen molar-refractivity contribution in [3.05, 3.63) is 18.2 Å². The van der Waals surface area contributed by atoms with Crippen LogP contribution in [0.5, 0.6) is 0 Å². The Labute approximate surface area is 129 Å². The zero-order chi connectivity index (χ0) is 15.3. The number of hydrogen-bond acceptors (Lipinski definition) is 3. The first-order valence-electron chi connectivity index (χ1n) is 8.59. The van der Waals surface area contributed by atoms with E-state index in [1.54, 1.807) is 0 Å². The molecule has 0 radical (unpaired) electrons. The number of imidazole rings is 1. The second-order valence-corrected chi connectivity index (χ2v) is 6.45. The van der Waals surface area contributed by atoms with Crippen LogP contribution in [0.1, 0.15) is 52.3 Å². The molecule has 1 atom stereocenters.